The fourth-order valence-electron chi connectivity index (χ4n) is 1.85. The van der Waals surface area contributed by atoms with E-state index in [0.29, 0.717) is 11.4 Å². The van der Waals surface area contributed by atoms with Crippen LogP contribution >= 0.6 is 0 Å². The maximum Gasteiger partial charge on any atom is 0.229 e. The number of ether oxygens (including phenoxy) is 2. The van der Waals surface area contributed by atoms with Crippen molar-refractivity contribution in [2.75, 3.05) is 12.3 Å². The maximum atomic E-state index is 9.77. The Bertz CT molecular complexity index is 409. The molecule has 7 heteroatoms. The van der Waals surface area contributed by atoms with Crippen molar-refractivity contribution in [3.63, 3.8) is 0 Å². The van der Waals surface area contributed by atoms with Crippen LogP contribution in [-0.2, 0) is 4.74 Å². The van der Waals surface area contributed by atoms with Gasteiger partial charge in [-0.25, -0.2) is 0 Å². The lowest BCUT2D eigenvalue weighted by Crippen LogP contribution is -2.60. The van der Waals surface area contributed by atoms with Crippen LogP contribution in [0.3, 0.4) is 0 Å². The lowest BCUT2D eigenvalue weighted by atomic mass is 9.99. The van der Waals surface area contributed by atoms with E-state index in [4.69, 9.17) is 20.3 Å². The number of benzene rings is 1. The van der Waals surface area contributed by atoms with E-state index in [1.54, 1.807) is 24.3 Å². The molecule has 0 spiro atoms. The molecule has 1 heterocycles. The summed E-state index contributed by atoms with van der Waals surface area (Å²) in [5.74, 6) is 0.388. The van der Waals surface area contributed by atoms with Gasteiger partial charge in [0.05, 0.1) is 6.61 Å². The van der Waals surface area contributed by atoms with Gasteiger partial charge in [-0.1, -0.05) is 0 Å². The fourth-order valence-corrected chi connectivity index (χ4v) is 1.85. The van der Waals surface area contributed by atoms with E-state index in [-0.39, 0.29) is 0 Å². The van der Waals surface area contributed by atoms with E-state index in [2.05, 4.69) is 0 Å². The third kappa shape index (κ3) is 2.96. The second-order valence-corrected chi connectivity index (χ2v) is 4.38. The molecule has 1 aliphatic rings. The lowest BCUT2D eigenvalue weighted by molar-refractivity contribution is -0.277. The van der Waals surface area contributed by atoms with Gasteiger partial charge in [-0.2, -0.15) is 0 Å². The van der Waals surface area contributed by atoms with Crippen LogP contribution in [0.4, 0.5) is 5.69 Å². The summed E-state index contributed by atoms with van der Waals surface area (Å²) in [6, 6.07) is 6.38. The van der Waals surface area contributed by atoms with Gasteiger partial charge in [-0.3, -0.25) is 0 Å². The van der Waals surface area contributed by atoms with Crippen molar-refractivity contribution in [2.24, 2.45) is 0 Å². The Balaban J connectivity index is 2.08. The average molecular weight is 271 g/mol. The molecule has 0 radical (unpaired) electrons. The van der Waals surface area contributed by atoms with Crippen LogP contribution in [0.2, 0.25) is 0 Å². The molecule has 1 aromatic carbocycles. The molecule has 2 rings (SSSR count). The lowest BCUT2D eigenvalue weighted by Gasteiger charge is -2.39. The third-order valence-electron chi connectivity index (χ3n) is 2.98. The first-order chi connectivity index (χ1) is 9.02. The van der Waals surface area contributed by atoms with E-state index < -0.39 is 37.3 Å². The molecular weight excluding hydrogens is 254 g/mol. The molecule has 19 heavy (non-hydrogen) atoms. The number of nitrogen functional groups attached to an aromatic ring is 1. The molecule has 7 nitrogen and oxygen atoms in total. The number of hydrogen-bond donors (Lipinski definition) is 5. The molecule has 2 unspecified atom stereocenters. The van der Waals surface area contributed by atoms with Crippen LogP contribution in [0.15, 0.2) is 24.3 Å². The highest BCUT2D eigenvalue weighted by atomic mass is 16.7. The molecule has 0 saturated carbocycles. The summed E-state index contributed by atoms with van der Waals surface area (Å²) in [5.41, 5.74) is 6.09. The summed E-state index contributed by atoms with van der Waals surface area (Å²) in [4.78, 5) is 0. The molecule has 106 valence electrons. The number of anilines is 1. The number of hydrogen-bond acceptors (Lipinski definition) is 7. The number of aliphatic hydroxyl groups is 4. The highest BCUT2D eigenvalue weighted by Gasteiger charge is 2.44. The summed E-state index contributed by atoms with van der Waals surface area (Å²) in [6.45, 7) is -0.494. The van der Waals surface area contributed by atoms with Gasteiger partial charge >= 0.3 is 0 Å². The zero-order valence-corrected chi connectivity index (χ0v) is 10.1. The van der Waals surface area contributed by atoms with Gasteiger partial charge in [-0.05, 0) is 24.3 Å². The molecular formula is C12H17NO6. The van der Waals surface area contributed by atoms with Crippen LogP contribution in [0, 0.1) is 0 Å². The smallest absolute Gasteiger partial charge is 0.229 e. The van der Waals surface area contributed by atoms with Crippen molar-refractivity contribution in [3.05, 3.63) is 24.3 Å². The Kier molecular flexibility index (Phi) is 4.23. The molecule has 0 aromatic heterocycles. The molecule has 1 fully saturated rings. The van der Waals surface area contributed by atoms with Gasteiger partial charge in [0.15, 0.2) is 0 Å². The molecule has 0 bridgehead atoms. The summed E-state index contributed by atoms with van der Waals surface area (Å²) < 4.78 is 10.6. The zero-order valence-electron chi connectivity index (χ0n) is 10.1. The van der Waals surface area contributed by atoms with Gasteiger partial charge in [0.1, 0.15) is 30.2 Å². The van der Waals surface area contributed by atoms with E-state index >= 15 is 0 Å². The first-order valence-corrected chi connectivity index (χ1v) is 5.85. The second kappa shape index (κ2) is 5.72. The van der Waals surface area contributed by atoms with Crippen molar-refractivity contribution < 1.29 is 29.9 Å². The Morgan fingerprint density at radius 2 is 1.68 bits per heavy atom. The highest BCUT2D eigenvalue weighted by molar-refractivity contribution is 5.41. The Hall–Kier alpha value is -1.38. The number of nitrogens with two attached hydrogens (primary N) is 1. The SMILES string of the molecule is Nc1ccc(O[C@H]2OC(CO)[C@@H](O)C(O)[C@H]2O)cc1. The molecule has 0 aliphatic carbocycles. The van der Waals surface area contributed by atoms with E-state index in [9.17, 15) is 15.3 Å². The predicted octanol–water partition coefficient (Wildman–Crippen LogP) is -1.55. The molecule has 5 atom stereocenters. The Morgan fingerprint density at radius 3 is 2.26 bits per heavy atom. The number of aliphatic hydroxyl groups excluding tert-OH is 4. The largest absolute Gasteiger partial charge is 0.462 e. The predicted molar refractivity (Wildman–Crippen MR) is 65.2 cm³/mol. The third-order valence-corrected chi connectivity index (χ3v) is 2.98. The van der Waals surface area contributed by atoms with Crippen molar-refractivity contribution in [1.82, 2.24) is 0 Å². The van der Waals surface area contributed by atoms with Gasteiger partial charge in [-0.15, -0.1) is 0 Å². The highest BCUT2D eigenvalue weighted by Crippen LogP contribution is 2.24. The van der Waals surface area contributed by atoms with Crippen LogP contribution in [0.25, 0.3) is 0 Å². The summed E-state index contributed by atoms with van der Waals surface area (Å²) in [5, 5.41) is 38.0. The van der Waals surface area contributed by atoms with Crippen LogP contribution < -0.4 is 10.5 Å². The minimum Gasteiger partial charge on any atom is -0.462 e. The second-order valence-electron chi connectivity index (χ2n) is 4.38. The molecule has 1 saturated heterocycles. The van der Waals surface area contributed by atoms with Gasteiger partial charge < -0.3 is 35.6 Å². The minimum absolute atomic E-state index is 0.388. The van der Waals surface area contributed by atoms with Crippen LogP contribution in [0.1, 0.15) is 0 Å². The molecule has 6 N–H and O–H groups in total. The first-order valence-electron chi connectivity index (χ1n) is 5.85. The van der Waals surface area contributed by atoms with Crippen LogP contribution in [-0.4, -0.2) is 57.7 Å². The normalized spacial score (nSPS) is 35.1. The summed E-state index contributed by atoms with van der Waals surface area (Å²) in [7, 11) is 0. The van der Waals surface area contributed by atoms with Gasteiger partial charge in [0, 0.05) is 5.69 Å². The molecule has 0 amide bonds. The average Bonchev–Trinajstić information content (AvgIpc) is 2.42. The van der Waals surface area contributed by atoms with Gasteiger partial charge in [0.25, 0.3) is 0 Å². The Morgan fingerprint density at radius 1 is 1.05 bits per heavy atom. The van der Waals surface area contributed by atoms with Crippen molar-refractivity contribution in [3.8, 4) is 5.75 Å². The van der Waals surface area contributed by atoms with E-state index in [0.717, 1.165) is 0 Å². The summed E-state index contributed by atoms with van der Waals surface area (Å²) in [6.07, 6.45) is -6.44. The number of rotatable bonds is 3. The van der Waals surface area contributed by atoms with Crippen molar-refractivity contribution in [1.29, 1.82) is 0 Å². The van der Waals surface area contributed by atoms with E-state index in [1.165, 1.54) is 0 Å². The first kappa shape index (κ1) is 14.0. The van der Waals surface area contributed by atoms with E-state index in [1.807, 2.05) is 0 Å². The van der Waals surface area contributed by atoms with Crippen LogP contribution in [0.5, 0.6) is 5.75 Å². The monoisotopic (exact) mass is 271 g/mol. The molecule has 1 aromatic rings. The quantitative estimate of drug-likeness (QED) is 0.421. The topological polar surface area (TPSA) is 125 Å². The standard InChI is InChI=1S/C12H17NO6/c13-6-1-3-7(4-2-6)18-12-11(17)10(16)9(15)8(5-14)19-12/h1-4,8-12,14-17H,5,13H2/t8?,9-,10?,11-,12+/m1/s1. The zero-order chi connectivity index (χ0) is 14.0. The summed E-state index contributed by atoms with van der Waals surface area (Å²) >= 11 is 0. The van der Waals surface area contributed by atoms with Gasteiger partial charge in [0.2, 0.25) is 6.29 Å². The van der Waals surface area contributed by atoms with Crippen molar-refractivity contribution >= 4 is 5.69 Å². The molecule has 1 aliphatic heterocycles. The Labute approximate surface area is 109 Å². The minimum atomic E-state index is -1.45. The maximum absolute atomic E-state index is 9.77. The fraction of sp³-hybridized carbons (Fsp3) is 0.500. The van der Waals surface area contributed by atoms with Crippen molar-refractivity contribution in [2.45, 2.75) is 30.7 Å².